The summed E-state index contributed by atoms with van der Waals surface area (Å²) in [5.74, 6) is 0.0147. The second-order valence-electron chi connectivity index (χ2n) is 4.70. The molecule has 1 aliphatic heterocycles. The van der Waals surface area contributed by atoms with Crippen LogP contribution in [0, 0.1) is 0 Å². The van der Waals surface area contributed by atoms with Crippen molar-refractivity contribution in [1.82, 2.24) is 4.90 Å². The molecule has 0 N–H and O–H groups in total. The summed E-state index contributed by atoms with van der Waals surface area (Å²) in [4.78, 5) is 15.7. The SMILES string of the molecule is CC(C)(C)N1C(=O)/C(=C\c2cccs2)SC1=S. The molecule has 5 heteroatoms. The van der Waals surface area contributed by atoms with Gasteiger partial charge in [-0.3, -0.25) is 9.69 Å². The average Bonchev–Trinajstić information content (AvgIpc) is 2.75. The first-order valence-corrected chi connectivity index (χ1v) is 7.31. The Kier molecular flexibility index (Phi) is 3.43. The van der Waals surface area contributed by atoms with E-state index in [1.807, 2.05) is 44.4 Å². The standard InChI is InChI=1S/C12H13NOS3/c1-12(2,3)13-10(14)9(17-11(13)15)7-8-5-4-6-16-8/h4-7H,1-3H3/b9-7+. The molecule has 0 spiro atoms. The van der Waals surface area contributed by atoms with Gasteiger partial charge in [-0.1, -0.05) is 30.0 Å². The van der Waals surface area contributed by atoms with E-state index in [0.29, 0.717) is 9.23 Å². The lowest BCUT2D eigenvalue weighted by molar-refractivity contribution is -0.125. The second kappa shape index (κ2) is 4.55. The van der Waals surface area contributed by atoms with Crippen LogP contribution < -0.4 is 0 Å². The third kappa shape index (κ3) is 2.61. The minimum absolute atomic E-state index is 0.0147. The van der Waals surface area contributed by atoms with Gasteiger partial charge < -0.3 is 0 Å². The van der Waals surface area contributed by atoms with Crippen molar-refractivity contribution in [3.8, 4) is 0 Å². The van der Waals surface area contributed by atoms with Crippen molar-refractivity contribution in [3.05, 3.63) is 27.3 Å². The van der Waals surface area contributed by atoms with Crippen LogP contribution in [-0.4, -0.2) is 20.7 Å². The maximum atomic E-state index is 12.2. The fraction of sp³-hybridized carbons (Fsp3) is 0.333. The van der Waals surface area contributed by atoms with Crippen LogP contribution in [-0.2, 0) is 4.79 Å². The molecule has 1 amide bonds. The minimum Gasteiger partial charge on any atom is -0.288 e. The molecule has 0 radical (unpaired) electrons. The summed E-state index contributed by atoms with van der Waals surface area (Å²) in [6, 6.07) is 3.97. The van der Waals surface area contributed by atoms with Crippen molar-refractivity contribution in [3.63, 3.8) is 0 Å². The minimum atomic E-state index is -0.258. The van der Waals surface area contributed by atoms with Gasteiger partial charge >= 0.3 is 0 Å². The van der Waals surface area contributed by atoms with Gasteiger partial charge in [0.15, 0.2) is 0 Å². The molecule has 0 unspecified atom stereocenters. The zero-order valence-electron chi connectivity index (χ0n) is 9.89. The first kappa shape index (κ1) is 12.8. The molecule has 1 aliphatic rings. The number of carbonyl (C=O) groups is 1. The Balaban J connectivity index is 2.31. The van der Waals surface area contributed by atoms with Gasteiger partial charge in [-0.15, -0.1) is 11.3 Å². The first-order valence-electron chi connectivity index (χ1n) is 5.21. The molecule has 0 saturated carbocycles. The number of carbonyl (C=O) groups excluding carboxylic acids is 1. The Morgan fingerprint density at radius 2 is 2.12 bits per heavy atom. The van der Waals surface area contributed by atoms with Gasteiger partial charge in [0.05, 0.1) is 4.91 Å². The maximum Gasteiger partial charge on any atom is 0.266 e. The summed E-state index contributed by atoms with van der Waals surface area (Å²) in [5.41, 5.74) is -0.258. The molecule has 2 nitrogen and oxygen atoms in total. The summed E-state index contributed by atoms with van der Waals surface area (Å²) in [6.07, 6.45) is 1.91. The Labute approximate surface area is 115 Å². The zero-order chi connectivity index (χ0) is 12.6. The van der Waals surface area contributed by atoms with E-state index in [1.165, 1.54) is 11.8 Å². The molecule has 1 saturated heterocycles. The molecule has 0 aromatic carbocycles. The van der Waals surface area contributed by atoms with E-state index in [1.54, 1.807) is 16.2 Å². The van der Waals surface area contributed by atoms with Crippen molar-refractivity contribution in [2.45, 2.75) is 26.3 Å². The highest BCUT2D eigenvalue weighted by molar-refractivity contribution is 8.26. The quantitative estimate of drug-likeness (QED) is 0.578. The van der Waals surface area contributed by atoms with Crippen LogP contribution in [0.25, 0.3) is 6.08 Å². The number of rotatable bonds is 1. The van der Waals surface area contributed by atoms with Crippen LogP contribution in [0.4, 0.5) is 0 Å². The first-order chi connectivity index (χ1) is 7.89. The zero-order valence-corrected chi connectivity index (χ0v) is 12.3. The number of nitrogens with zero attached hydrogens (tertiary/aromatic N) is 1. The molecule has 0 bridgehead atoms. The van der Waals surface area contributed by atoms with Gasteiger partial charge in [0, 0.05) is 10.4 Å². The van der Waals surface area contributed by atoms with E-state index in [4.69, 9.17) is 12.2 Å². The Hall–Kier alpha value is -0.650. The third-order valence-corrected chi connectivity index (χ3v) is 4.40. The van der Waals surface area contributed by atoms with Crippen LogP contribution >= 0.6 is 35.3 Å². The highest BCUT2D eigenvalue weighted by Crippen LogP contribution is 2.37. The fourth-order valence-corrected chi connectivity index (χ4v) is 3.91. The number of amides is 1. The van der Waals surface area contributed by atoms with E-state index < -0.39 is 0 Å². The highest BCUT2D eigenvalue weighted by Gasteiger charge is 2.38. The van der Waals surface area contributed by atoms with Crippen molar-refractivity contribution in [2.75, 3.05) is 0 Å². The predicted molar refractivity (Wildman–Crippen MR) is 79.1 cm³/mol. The smallest absolute Gasteiger partial charge is 0.266 e. The molecule has 0 aliphatic carbocycles. The van der Waals surface area contributed by atoms with Gasteiger partial charge in [-0.05, 0) is 38.3 Å². The average molecular weight is 283 g/mol. The van der Waals surface area contributed by atoms with E-state index in [2.05, 4.69) is 0 Å². The summed E-state index contributed by atoms with van der Waals surface area (Å²) >= 11 is 8.27. The Bertz CT molecular complexity index is 482. The van der Waals surface area contributed by atoms with Crippen LogP contribution in [0.2, 0.25) is 0 Å². The molecule has 2 heterocycles. The van der Waals surface area contributed by atoms with Gasteiger partial charge in [0.25, 0.3) is 5.91 Å². The third-order valence-electron chi connectivity index (χ3n) is 2.28. The number of hydrogen-bond acceptors (Lipinski definition) is 4. The van der Waals surface area contributed by atoms with Gasteiger partial charge in [-0.2, -0.15) is 0 Å². The molecular formula is C12H13NOS3. The monoisotopic (exact) mass is 283 g/mol. The molecule has 17 heavy (non-hydrogen) atoms. The highest BCUT2D eigenvalue weighted by atomic mass is 32.2. The second-order valence-corrected chi connectivity index (χ2v) is 7.36. The number of thiocarbonyl (C=S) groups is 1. The van der Waals surface area contributed by atoms with Crippen LogP contribution in [0.3, 0.4) is 0 Å². The van der Waals surface area contributed by atoms with Crippen molar-refractivity contribution in [2.24, 2.45) is 0 Å². The molecular weight excluding hydrogens is 270 g/mol. The molecule has 90 valence electrons. The van der Waals surface area contributed by atoms with Crippen LogP contribution in [0.1, 0.15) is 25.6 Å². The largest absolute Gasteiger partial charge is 0.288 e. The lowest BCUT2D eigenvalue weighted by Gasteiger charge is -2.30. The summed E-state index contributed by atoms with van der Waals surface area (Å²) in [6.45, 7) is 5.98. The van der Waals surface area contributed by atoms with Crippen LogP contribution in [0.5, 0.6) is 0 Å². The maximum absolute atomic E-state index is 12.2. The molecule has 1 aromatic heterocycles. The van der Waals surface area contributed by atoms with E-state index in [-0.39, 0.29) is 11.4 Å². The summed E-state index contributed by atoms with van der Waals surface area (Å²) in [7, 11) is 0. The summed E-state index contributed by atoms with van der Waals surface area (Å²) < 4.78 is 0.644. The van der Waals surface area contributed by atoms with Crippen LogP contribution in [0.15, 0.2) is 22.4 Å². The fourth-order valence-electron chi connectivity index (χ4n) is 1.55. The lowest BCUT2D eigenvalue weighted by atomic mass is 10.1. The molecule has 2 rings (SSSR count). The molecule has 1 aromatic rings. The predicted octanol–water partition coefficient (Wildman–Crippen LogP) is 3.75. The molecule has 1 fully saturated rings. The van der Waals surface area contributed by atoms with Crippen molar-refractivity contribution >= 4 is 51.6 Å². The lowest BCUT2D eigenvalue weighted by Crippen LogP contribution is -2.44. The Morgan fingerprint density at radius 3 is 2.59 bits per heavy atom. The van der Waals surface area contributed by atoms with E-state index in [0.717, 1.165) is 4.88 Å². The van der Waals surface area contributed by atoms with Gasteiger partial charge in [-0.25, -0.2) is 0 Å². The van der Waals surface area contributed by atoms with Gasteiger partial charge in [0.1, 0.15) is 4.32 Å². The number of thioether (sulfide) groups is 1. The topological polar surface area (TPSA) is 20.3 Å². The summed E-state index contributed by atoms with van der Waals surface area (Å²) in [5, 5.41) is 2.00. The number of hydrogen-bond donors (Lipinski definition) is 0. The Morgan fingerprint density at radius 1 is 1.41 bits per heavy atom. The van der Waals surface area contributed by atoms with E-state index in [9.17, 15) is 4.79 Å². The molecule has 0 atom stereocenters. The number of thiophene rings is 1. The normalized spacial score (nSPS) is 19.5. The van der Waals surface area contributed by atoms with Crippen molar-refractivity contribution < 1.29 is 4.79 Å². The van der Waals surface area contributed by atoms with Gasteiger partial charge in [0.2, 0.25) is 0 Å². The van der Waals surface area contributed by atoms with E-state index >= 15 is 0 Å². The van der Waals surface area contributed by atoms with Crippen molar-refractivity contribution in [1.29, 1.82) is 0 Å².